The van der Waals surface area contributed by atoms with Crippen molar-refractivity contribution in [2.24, 2.45) is 5.14 Å². The minimum atomic E-state index is -3.76. The predicted molar refractivity (Wildman–Crippen MR) is 97.7 cm³/mol. The van der Waals surface area contributed by atoms with Gasteiger partial charge in [0.05, 0.1) is 6.20 Å². The molecule has 0 aliphatic carbocycles. The summed E-state index contributed by atoms with van der Waals surface area (Å²) in [5.74, 6) is 0.0909. The van der Waals surface area contributed by atoms with Crippen LogP contribution in [-0.4, -0.2) is 41.6 Å². The quantitative estimate of drug-likeness (QED) is 0.792. The van der Waals surface area contributed by atoms with Gasteiger partial charge in [-0.2, -0.15) is 5.10 Å². The summed E-state index contributed by atoms with van der Waals surface area (Å²) in [4.78, 5) is 14.5. The molecule has 2 heterocycles. The van der Waals surface area contributed by atoms with E-state index in [1.54, 1.807) is 0 Å². The summed E-state index contributed by atoms with van der Waals surface area (Å²) in [5.41, 5.74) is 1.29. The van der Waals surface area contributed by atoms with Crippen molar-refractivity contribution < 1.29 is 13.2 Å². The maximum Gasteiger partial charge on any atom is 0.241 e. The highest BCUT2D eigenvalue weighted by Gasteiger charge is 2.28. The lowest BCUT2D eigenvalue weighted by atomic mass is 10.0. The van der Waals surface area contributed by atoms with Gasteiger partial charge in [0.15, 0.2) is 0 Å². The number of primary sulfonamides is 1. The molecule has 1 aromatic heterocycles. The van der Waals surface area contributed by atoms with E-state index in [9.17, 15) is 13.2 Å². The molecule has 7 nitrogen and oxygen atoms in total. The van der Waals surface area contributed by atoms with Gasteiger partial charge < -0.3 is 4.90 Å². The smallest absolute Gasteiger partial charge is 0.241 e. The highest BCUT2D eigenvalue weighted by molar-refractivity contribution is 7.89. The van der Waals surface area contributed by atoms with Crippen molar-refractivity contribution in [2.45, 2.75) is 49.6 Å². The van der Waals surface area contributed by atoms with Crippen LogP contribution in [-0.2, 0) is 27.8 Å². The fourth-order valence-corrected chi connectivity index (χ4v) is 3.87. The Kier molecular flexibility index (Phi) is 5.73. The van der Waals surface area contributed by atoms with E-state index in [-0.39, 0.29) is 16.8 Å². The lowest BCUT2D eigenvalue weighted by Gasteiger charge is -2.25. The number of benzene rings is 1. The highest BCUT2D eigenvalue weighted by Crippen LogP contribution is 2.23. The summed E-state index contributed by atoms with van der Waals surface area (Å²) in [6, 6.07) is 10.6. The number of sulfonamides is 1. The van der Waals surface area contributed by atoms with Crippen molar-refractivity contribution in [1.82, 2.24) is 14.7 Å². The molecule has 1 aliphatic heterocycles. The monoisotopic (exact) mass is 376 g/mol. The molecular weight excluding hydrogens is 352 g/mol. The summed E-state index contributed by atoms with van der Waals surface area (Å²) in [5, 5.41) is 9.03. The average Bonchev–Trinajstić information content (AvgIpc) is 3.28. The van der Waals surface area contributed by atoms with Crippen LogP contribution in [0.15, 0.2) is 47.6 Å². The zero-order valence-corrected chi connectivity index (χ0v) is 15.4. The zero-order valence-electron chi connectivity index (χ0n) is 14.6. The lowest BCUT2D eigenvalue weighted by molar-refractivity contribution is -0.132. The number of carbonyl (C=O) groups excluding carboxylic acids is 1. The largest absolute Gasteiger partial charge is 0.340 e. The maximum atomic E-state index is 12.6. The second-order valence-corrected chi connectivity index (χ2v) is 8.20. The molecule has 0 spiro atoms. The number of likely N-dealkylation sites (tertiary alicyclic amines) is 1. The van der Waals surface area contributed by atoms with Crippen LogP contribution < -0.4 is 5.14 Å². The van der Waals surface area contributed by atoms with Crippen LogP contribution in [0.2, 0.25) is 0 Å². The van der Waals surface area contributed by atoms with Crippen molar-refractivity contribution in [3.05, 3.63) is 48.3 Å². The van der Waals surface area contributed by atoms with Gasteiger partial charge in [0, 0.05) is 31.7 Å². The fourth-order valence-electron chi connectivity index (χ4n) is 3.41. The van der Waals surface area contributed by atoms with Crippen LogP contribution in [0.5, 0.6) is 0 Å². The molecule has 2 aromatic rings. The molecule has 1 fully saturated rings. The predicted octanol–water partition coefficient (Wildman–Crippen LogP) is 1.54. The van der Waals surface area contributed by atoms with Crippen molar-refractivity contribution in [3.8, 4) is 0 Å². The van der Waals surface area contributed by atoms with E-state index in [4.69, 9.17) is 5.14 Å². The van der Waals surface area contributed by atoms with Crippen LogP contribution in [0.3, 0.4) is 0 Å². The second kappa shape index (κ2) is 8.01. The molecular formula is C18H24N4O3S. The van der Waals surface area contributed by atoms with Gasteiger partial charge in [-0.25, -0.2) is 13.6 Å². The number of nitrogens with zero attached hydrogens (tertiary/aromatic N) is 3. The normalized spacial score (nSPS) is 17.6. The van der Waals surface area contributed by atoms with Gasteiger partial charge in [0.25, 0.3) is 0 Å². The number of aromatic nitrogens is 2. The first-order valence-corrected chi connectivity index (χ1v) is 10.4. The molecule has 1 saturated heterocycles. The van der Waals surface area contributed by atoms with E-state index in [2.05, 4.69) is 17.2 Å². The Morgan fingerprint density at radius 3 is 2.73 bits per heavy atom. The minimum absolute atomic E-state index is 0.0353. The Bertz CT molecular complexity index is 848. The van der Waals surface area contributed by atoms with E-state index in [0.29, 0.717) is 13.0 Å². The highest BCUT2D eigenvalue weighted by atomic mass is 32.2. The zero-order chi connectivity index (χ0) is 18.6. The molecule has 1 unspecified atom stereocenters. The second-order valence-electron chi connectivity index (χ2n) is 6.64. The van der Waals surface area contributed by atoms with Gasteiger partial charge in [-0.1, -0.05) is 30.3 Å². The number of nitrogens with two attached hydrogens (primary N) is 1. The molecule has 1 atom stereocenters. The fraction of sp³-hybridized carbons (Fsp3) is 0.444. The Morgan fingerprint density at radius 2 is 2.04 bits per heavy atom. The number of hydrogen-bond acceptors (Lipinski definition) is 4. The number of rotatable bonds is 7. The molecule has 8 heteroatoms. The molecule has 0 saturated carbocycles. The molecule has 0 bridgehead atoms. The van der Waals surface area contributed by atoms with E-state index in [0.717, 1.165) is 32.2 Å². The van der Waals surface area contributed by atoms with E-state index < -0.39 is 10.0 Å². The van der Waals surface area contributed by atoms with Crippen LogP contribution >= 0.6 is 0 Å². The molecule has 3 rings (SSSR count). The van der Waals surface area contributed by atoms with Crippen LogP contribution in [0, 0.1) is 0 Å². The standard InChI is InChI=1S/C18H24N4O3S/c19-26(24,25)17-13-20-21(14-17)12-10-18(23)22-11-4-7-16(22)9-8-15-5-2-1-3-6-15/h1-3,5-6,13-14,16H,4,7-12H2,(H2,19,24,25). The van der Waals surface area contributed by atoms with Gasteiger partial charge in [0.1, 0.15) is 4.90 Å². The first kappa shape index (κ1) is 18.6. The number of hydrogen-bond donors (Lipinski definition) is 1. The Morgan fingerprint density at radius 1 is 1.27 bits per heavy atom. The molecule has 1 aliphatic rings. The molecule has 140 valence electrons. The third-order valence-electron chi connectivity index (χ3n) is 4.80. The summed E-state index contributed by atoms with van der Waals surface area (Å²) in [6.07, 6.45) is 6.86. The van der Waals surface area contributed by atoms with Crippen LogP contribution in [0.1, 0.15) is 31.2 Å². The van der Waals surface area contributed by atoms with Crippen molar-refractivity contribution in [3.63, 3.8) is 0 Å². The van der Waals surface area contributed by atoms with Gasteiger partial charge in [-0.05, 0) is 31.2 Å². The van der Waals surface area contributed by atoms with Crippen LogP contribution in [0.25, 0.3) is 0 Å². The van der Waals surface area contributed by atoms with Gasteiger partial charge in [0.2, 0.25) is 15.9 Å². The molecule has 1 aromatic carbocycles. The SMILES string of the molecule is NS(=O)(=O)c1cnn(CCC(=O)N2CCCC2CCc2ccccc2)c1. The maximum absolute atomic E-state index is 12.6. The number of aryl methyl sites for hydroxylation is 2. The lowest BCUT2D eigenvalue weighted by Crippen LogP contribution is -2.36. The van der Waals surface area contributed by atoms with Crippen molar-refractivity contribution in [1.29, 1.82) is 0 Å². The Labute approximate surface area is 153 Å². The molecule has 0 radical (unpaired) electrons. The van der Waals surface area contributed by atoms with Crippen molar-refractivity contribution in [2.75, 3.05) is 6.54 Å². The summed E-state index contributed by atoms with van der Waals surface area (Å²) in [7, 11) is -3.76. The first-order valence-electron chi connectivity index (χ1n) is 8.82. The summed E-state index contributed by atoms with van der Waals surface area (Å²) < 4.78 is 24.0. The average molecular weight is 376 g/mol. The molecule has 1 amide bonds. The molecule has 2 N–H and O–H groups in total. The van der Waals surface area contributed by atoms with E-state index in [1.165, 1.54) is 22.6 Å². The number of carbonyl (C=O) groups is 1. The van der Waals surface area contributed by atoms with E-state index >= 15 is 0 Å². The van der Waals surface area contributed by atoms with Crippen molar-refractivity contribution >= 4 is 15.9 Å². The van der Waals surface area contributed by atoms with Gasteiger partial charge in [-0.15, -0.1) is 0 Å². The summed E-state index contributed by atoms with van der Waals surface area (Å²) >= 11 is 0. The number of amides is 1. The van der Waals surface area contributed by atoms with Gasteiger partial charge in [-0.3, -0.25) is 9.48 Å². The summed E-state index contributed by atoms with van der Waals surface area (Å²) in [6.45, 7) is 1.14. The molecule has 26 heavy (non-hydrogen) atoms. The third-order valence-corrected chi connectivity index (χ3v) is 5.67. The topological polar surface area (TPSA) is 98.3 Å². The Hall–Kier alpha value is -2.19. The first-order chi connectivity index (χ1) is 12.4. The van der Waals surface area contributed by atoms with Crippen LogP contribution in [0.4, 0.5) is 0 Å². The van der Waals surface area contributed by atoms with E-state index in [1.807, 2.05) is 23.1 Å². The third kappa shape index (κ3) is 4.70. The van der Waals surface area contributed by atoms with Gasteiger partial charge >= 0.3 is 0 Å². The minimum Gasteiger partial charge on any atom is -0.340 e. The Balaban J connectivity index is 1.52.